The Bertz CT molecular complexity index is 862. The number of aliphatic imine (C=N–C) groups is 1. The van der Waals surface area contributed by atoms with Crippen molar-refractivity contribution in [2.45, 2.75) is 33.7 Å². The standard InChI is InChI=1S/C19H25N5S/c1-4-20-19(23-11-18-14(3)24-12-25-18)21-8-7-15-10-22-17-9-13(2)5-6-16(15)17/h5-6,9-10,12,22H,4,7-8,11H2,1-3H3,(H2,20,21,23). The van der Waals surface area contributed by atoms with E-state index in [1.165, 1.54) is 26.9 Å². The Morgan fingerprint density at radius 1 is 1.28 bits per heavy atom. The molecule has 2 heterocycles. The van der Waals surface area contributed by atoms with E-state index in [1.807, 2.05) is 12.4 Å². The highest BCUT2D eigenvalue weighted by atomic mass is 32.1. The Labute approximate surface area is 152 Å². The van der Waals surface area contributed by atoms with E-state index in [-0.39, 0.29) is 0 Å². The van der Waals surface area contributed by atoms with Gasteiger partial charge in [0.05, 0.1) is 17.7 Å². The molecular formula is C19H25N5S. The van der Waals surface area contributed by atoms with Crippen LogP contribution in [-0.4, -0.2) is 29.0 Å². The lowest BCUT2D eigenvalue weighted by atomic mass is 10.1. The van der Waals surface area contributed by atoms with Crippen LogP contribution in [-0.2, 0) is 13.0 Å². The Balaban J connectivity index is 1.60. The summed E-state index contributed by atoms with van der Waals surface area (Å²) in [7, 11) is 0. The maximum absolute atomic E-state index is 4.67. The number of aromatic amines is 1. The van der Waals surface area contributed by atoms with Crippen LogP contribution >= 0.6 is 11.3 Å². The molecule has 3 aromatic rings. The van der Waals surface area contributed by atoms with Gasteiger partial charge >= 0.3 is 0 Å². The minimum Gasteiger partial charge on any atom is -0.361 e. The van der Waals surface area contributed by atoms with E-state index in [0.29, 0.717) is 6.54 Å². The second-order valence-corrected chi connectivity index (χ2v) is 7.04. The van der Waals surface area contributed by atoms with Gasteiger partial charge < -0.3 is 15.6 Å². The molecule has 0 aliphatic rings. The van der Waals surface area contributed by atoms with Crippen LogP contribution in [0.15, 0.2) is 34.9 Å². The number of guanidine groups is 1. The van der Waals surface area contributed by atoms with Gasteiger partial charge in [0, 0.05) is 35.1 Å². The van der Waals surface area contributed by atoms with Crippen LogP contribution in [0.25, 0.3) is 10.9 Å². The van der Waals surface area contributed by atoms with E-state index >= 15 is 0 Å². The van der Waals surface area contributed by atoms with E-state index in [4.69, 9.17) is 0 Å². The summed E-state index contributed by atoms with van der Waals surface area (Å²) in [5.74, 6) is 0.853. The molecule has 0 aliphatic carbocycles. The first-order valence-electron chi connectivity index (χ1n) is 8.65. The molecule has 25 heavy (non-hydrogen) atoms. The number of benzene rings is 1. The maximum atomic E-state index is 4.67. The predicted octanol–water partition coefficient (Wildman–Crippen LogP) is 3.54. The van der Waals surface area contributed by atoms with Crippen molar-refractivity contribution in [3.05, 3.63) is 51.6 Å². The zero-order valence-corrected chi connectivity index (χ0v) is 15.8. The monoisotopic (exact) mass is 355 g/mol. The first-order chi connectivity index (χ1) is 12.2. The molecule has 132 valence electrons. The molecule has 0 amide bonds. The van der Waals surface area contributed by atoms with Gasteiger partial charge in [-0.05, 0) is 44.4 Å². The molecule has 0 saturated heterocycles. The Morgan fingerprint density at radius 2 is 2.16 bits per heavy atom. The topological polar surface area (TPSA) is 65.1 Å². The van der Waals surface area contributed by atoms with Gasteiger partial charge in [-0.3, -0.25) is 0 Å². The summed E-state index contributed by atoms with van der Waals surface area (Å²) >= 11 is 1.66. The van der Waals surface area contributed by atoms with Crippen LogP contribution in [0.2, 0.25) is 0 Å². The number of nitrogens with one attached hydrogen (secondary N) is 3. The van der Waals surface area contributed by atoms with Crippen molar-refractivity contribution in [1.29, 1.82) is 0 Å². The molecule has 2 aromatic heterocycles. The molecule has 6 heteroatoms. The zero-order chi connectivity index (χ0) is 17.6. The molecule has 5 nitrogen and oxygen atoms in total. The zero-order valence-electron chi connectivity index (χ0n) is 15.0. The molecule has 1 aromatic carbocycles. The molecule has 0 aliphatic heterocycles. The number of rotatable bonds is 6. The lowest BCUT2D eigenvalue weighted by Gasteiger charge is -2.11. The molecule has 0 radical (unpaired) electrons. The van der Waals surface area contributed by atoms with E-state index < -0.39 is 0 Å². The van der Waals surface area contributed by atoms with E-state index in [1.54, 1.807) is 11.3 Å². The number of aromatic nitrogens is 2. The van der Waals surface area contributed by atoms with Gasteiger partial charge in [0.15, 0.2) is 5.96 Å². The summed E-state index contributed by atoms with van der Waals surface area (Å²) in [6.45, 7) is 8.58. The summed E-state index contributed by atoms with van der Waals surface area (Å²) in [6, 6.07) is 6.55. The van der Waals surface area contributed by atoms with Gasteiger partial charge in [-0.25, -0.2) is 9.98 Å². The van der Waals surface area contributed by atoms with Gasteiger partial charge in [0.25, 0.3) is 0 Å². The van der Waals surface area contributed by atoms with Crippen LogP contribution in [0.5, 0.6) is 0 Å². The molecule has 0 fully saturated rings. The quantitative estimate of drug-likeness (QED) is 0.468. The van der Waals surface area contributed by atoms with Crippen molar-refractivity contribution in [3.63, 3.8) is 0 Å². The summed E-state index contributed by atoms with van der Waals surface area (Å²) < 4.78 is 0. The molecule has 3 N–H and O–H groups in total. The maximum Gasteiger partial charge on any atom is 0.191 e. The second-order valence-electron chi connectivity index (χ2n) is 6.10. The van der Waals surface area contributed by atoms with Crippen LogP contribution in [0.1, 0.15) is 28.6 Å². The van der Waals surface area contributed by atoms with Crippen molar-refractivity contribution in [2.75, 3.05) is 13.1 Å². The molecule has 3 rings (SSSR count). The number of H-pyrrole nitrogens is 1. The minimum atomic E-state index is 0.665. The first kappa shape index (κ1) is 17.5. The number of nitrogens with zero attached hydrogens (tertiary/aromatic N) is 2. The van der Waals surface area contributed by atoms with Crippen molar-refractivity contribution in [3.8, 4) is 0 Å². The van der Waals surface area contributed by atoms with E-state index in [2.05, 4.69) is 63.8 Å². The average molecular weight is 356 g/mol. The molecule has 0 saturated carbocycles. The van der Waals surface area contributed by atoms with E-state index in [9.17, 15) is 0 Å². The third-order valence-corrected chi connectivity index (χ3v) is 5.10. The van der Waals surface area contributed by atoms with Crippen molar-refractivity contribution in [1.82, 2.24) is 20.6 Å². The molecule has 0 atom stereocenters. The van der Waals surface area contributed by atoms with Crippen molar-refractivity contribution < 1.29 is 0 Å². The first-order valence-corrected chi connectivity index (χ1v) is 9.53. The number of fused-ring (bicyclic) bond motifs is 1. The number of aryl methyl sites for hydroxylation is 2. The van der Waals surface area contributed by atoms with Crippen LogP contribution in [0.4, 0.5) is 0 Å². The van der Waals surface area contributed by atoms with Gasteiger partial charge in [-0.1, -0.05) is 12.1 Å². The summed E-state index contributed by atoms with van der Waals surface area (Å²) in [5.41, 5.74) is 6.75. The number of hydrogen-bond donors (Lipinski definition) is 3. The Kier molecular flexibility index (Phi) is 5.71. The van der Waals surface area contributed by atoms with Crippen LogP contribution in [0, 0.1) is 13.8 Å². The largest absolute Gasteiger partial charge is 0.361 e. The molecular weight excluding hydrogens is 330 g/mol. The van der Waals surface area contributed by atoms with Crippen molar-refractivity contribution in [2.24, 2.45) is 4.99 Å². The molecule has 0 spiro atoms. The number of hydrogen-bond acceptors (Lipinski definition) is 3. The van der Waals surface area contributed by atoms with Gasteiger partial charge in [0.2, 0.25) is 0 Å². The summed E-state index contributed by atoms with van der Waals surface area (Å²) in [4.78, 5) is 13.5. The van der Waals surface area contributed by atoms with Crippen molar-refractivity contribution >= 4 is 28.2 Å². The fourth-order valence-electron chi connectivity index (χ4n) is 2.79. The minimum absolute atomic E-state index is 0.665. The van der Waals surface area contributed by atoms with Gasteiger partial charge in [-0.15, -0.1) is 11.3 Å². The van der Waals surface area contributed by atoms with Crippen LogP contribution < -0.4 is 10.6 Å². The lowest BCUT2D eigenvalue weighted by molar-refractivity contribution is 0.802. The highest BCUT2D eigenvalue weighted by Gasteiger charge is 2.05. The lowest BCUT2D eigenvalue weighted by Crippen LogP contribution is -2.38. The Hall–Kier alpha value is -2.34. The summed E-state index contributed by atoms with van der Waals surface area (Å²) in [5, 5.41) is 8.03. The fourth-order valence-corrected chi connectivity index (χ4v) is 3.49. The second kappa shape index (κ2) is 8.16. The SMILES string of the molecule is CCNC(=NCc1scnc1C)NCCc1c[nH]c2cc(C)ccc12. The number of thiazole rings is 1. The molecule has 0 bridgehead atoms. The highest BCUT2D eigenvalue weighted by Crippen LogP contribution is 2.19. The predicted molar refractivity (Wildman–Crippen MR) is 106 cm³/mol. The van der Waals surface area contributed by atoms with Gasteiger partial charge in [-0.2, -0.15) is 0 Å². The average Bonchev–Trinajstić information content (AvgIpc) is 3.18. The normalized spacial score (nSPS) is 11.9. The smallest absolute Gasteiger partial charge is 0.191 e. The van der Waals surface area contributed by atoms with Gasteiger partial charge in [0.1, 0.15) is 0 Å². The summed E-state index contributed by atoms with van der Waals surface area (Å²) in [6.07, 6.45) is 3.06. The Morgan fingerprint density at radius 3 is 2.92 bits per heavy atom. The molecule has 0 unspecified atom stereocenters. The van der Waals surface area contributed by atoms with Crippen LogP contribution in [0.3, 0.4) is 0 Å². The third kappa shape index (κ3) is 4.39. The highest BCUT2D eigenvalue weighted by molar-refractivity contribution is 7.09. The fraction of sp³-hybridized carbons (Fsp3) is 0.368. The third-order valence-electron chi connectivity index (χ3n) is 4.18. The van der Waals surface area contributed by atoms with E-state index in [0.717, 1.165) is 31.2 Å².